The second-order valence-electron chi connectivity index (χ2n) is 4.27. The van der Waals surface area contributed by atoms with Crippen molar-refractivity contribution >= 4 is 9.24 Å². The molecule has 3 rings (SSSR count). The Hall–Kier alpha value is -0.990. The van der Waals surface area contributed by atoms with E-state index in [1.807, 2.05) is 0 Å². The molecule has 0 saturated carbocycles. The fourth-order valence-corrected chi connectivity index (χ4v) is 2.76. The van der Waals surface area contributed by atoms with E-state index in [0.29, 0.717) is 6.79 Å². The van der Waals surface area contributed by atoms with Gasteiger partial charge in [0, 0.05) is 24.9 Å². The van der Waals surface area contributed by atoms with E-state index in [2.05, 4.69) is 20.2 Å². The van der Waals surface area contributed by atoms with Gasteiger partial charge in [0.15, 0.2) is 11.5 Å². The zero-order valence-corrected chi connectivity index (χ0v) is 11.0. The second kappa shape index (κ2) is 4.35. The highest BCUT2D eigenvalue weighted by atomic mass is 31.0. The summed E-state index contributed by atoms with van der Waals surface area (Å²) in [5.74, 6) is 2.43. The van der Waals surface area contributed by atoms with Crippen molar-refractivity contribution in [1.82, 2.24) is 4.90 Å². The van der Waals surface area contributed by atoms with Gasteiger partial charge in [0.05, 0.1) is 7.11 Å². The number of nitrogens with zero attached hydrogens (tertiary/aromatic N) is 1. The molecule has 0 aromatic heterocycles. The standard InChI is InChI=1S/C12H16NO3P/c1-14-11-9-5-13(6-17)3-2-8(9)4-10-12(11)16-7-15-10/h4H,2-3,5-7,17H2,1H3. The van der Waals surface area contributed by atoms with Gasteiger partial charge in [0.2, 0.25) is 12.5 Å². The first-order valence-electron chi connectivity index (χ1n) is 5.74. The highest BCUT2D eigenvalue weighted by Gasteiger charge is 2.28. The SMILES string of the molecule is COc1c2c(cc3c1OCO3)CCN(CP)C2. The molecule has 17 heavy (non-hydrogen) atoms. The third kappa shape index (κ3) is 1.76. The van der Waals surface area contributed by atoms with Gasteiger partial charge in [-0.2, -0.15) is 0 Å². The Labute approximate surface area is 103 Å². The Morgan fingerprint density at radius 3 is 3.12 bits per heavy atom. The molecule has 0 saturated heterocycles. The fourth-order valence-electron chi connectivity index (χ4n) is 2.45. The summed E-state index contributed by atoms with van der Waals surface area (Å²) < 4.78 is 16.4. The summed E-state index contributed by atoms with van der Waals surface area (Å²) >= 11 is 0. The van der Waals surface area contributed by atoms with Crippen molar-refractivity contribution in [2.75, 3.05) is 26.7 Å². The first-order valence-corrected chi connectivity index (χ1v) is 6.56. The third-order valence-electron chi connectivity index (χ3n) is 3.36. The normalized spacial score (nSPS) is 18.0. The van der Waals surface area contributed by atoms with Crippen LogP contribution in [0, 0.1) is 0 Å². The average Bonchev–Trinajstić information content (AvgIpc) is 2.82. The molecule has 5 heteroatoms. The molecule has 92 valence electrons. The van der Waals surface area contributed by atoms with Gasteiger partial charge in [-0.15, -0.1) is 9.24 Å². The molecule has 1 unspecified atom stereocenters. The number of ether oxygens (including phenoxy) is 3. The van der Waals surface area contributed by atoms with Gasteiger partial charge in [0.1, 0.15) is 0 Å². The summed E-state index contributed by atoms with van der Waals surface area (Å²) in [4.78, 5) is 2.37. The smallest absolute Gasteiger partial charge is 0.231 e. The summed E-state index contributed by atoms with van der Waals surface area (Å²) in [6, 6.07) is 2.10. The van der Waals surface area contributed by atoms with Crippen LogP contribution in [0.15, 0.2) is 6.07 Å². The van der Waals surface area contributed by atoms with Crippen molar-refractivity contribution in [3.63, 3.8) is 0 Å². The van der Waals surface area contributed by atoms with E-state index >= 15 is 0 Å². The molecule has 4 nitrogen and oxygen atoms in total. The van der Waals surface area contributed by atoms with Gasteiger partial charge in [-0.05, 0) is 18.1 Å². The van der Waals surface area contributed by atoms with Crippen LogP contribution in [0.3, 0.4) is 0 Å². The van der Waals surface area contributed by atoms with Crippen LogP contribution in [-0.4, -0.2) is 31.6 Å². The van der Waals surface area contributed by atoms with Gasteiger partial charge < -0.3 is 14.2 Å². The molecule has 0 bridgehead atoms. The number of hydrogen-bond donors (Lipinski definition) is 0. The molecule has 1 aromatic rings. The summed E-state index contributed by atoms with van der Waals surface area (Å²) in [7, 11) is 4.46. The van der Waals surface area contributed by atoms with Gasteiger partial charge in [0.25, 0.3) is 0 Å². The minimum atomic E-state index is 0.294. The van der Waals surface area contributed by atoms with Crippen LogP contribution in [-0.2, 0) is 13.0 Å². The number of benzene rings is 1. The topological polar surface area (TPSA) is 30.9 Å². The number of fused-ring (bicyclic) bond motifs is 2. The van der Waals surface area contributed by atoms with Gasteiger partial charge in [-0.1, -0.05) is 0 Å². The molecule has 0 fully saturated rings. The van der Waals surface area contributed by atoms with Crippen LogP contribution in [0.1, 0.15) is 11.1 Å². The molecule has 0 radical (unpaired) electrons. The Morgan fingerprint density at radius 2 is 2.35 bits per heavy atom. The van der Waals surface area contributed by atoms with Crippen LogP contribution < -0.4 is 14.2 Å². The van der Waals surface area contributed by atoms with Crippen LogP contribution in [0.4, 0.5) is 0 Å². The summed E-state index contributed by atoms with van der Waals surface area (Å²) in [6.07, 6.45) is 2.02. The Bertz CT molecular complexity index is 450. The minimum Gasteiger partial charge on any atom is -0.492 e. The lowest BCUT2D eigenvalue weighted by molar-refractivity contribution is 0.171. The Balaban J connectivity index is 2.08. The number of methoxy groups -OCH3 is 1. The van der Waals surface area contributed by atoms with Crippen LogP contribution in [0.5, 0.6) is 17.2 Å². The van der Waals surface area contributed by atoms with Gasteiger partial charge in [-0.3, -0.25) is 4.90 Å². The predicted molar refractivity (Wildman–Crippen MR) is 67.8 cm³/mol. The maximum atomic E-state index is 5.51. The van der Waals surface area contributed by atoms with E-state index < -0.39 is 0 Å². The molecular weight excluding hydrogens is 237 g/mol. The molecular formula is C12H16NO3P. The van der Waals surface area contributed by atoms with Crippen LogP contribution in [0.25, 0.3) is 0 Å². The number of rotatable bonds is 2. The monoisotopic (exact) mass is 253 g/mol. The Morgan fingerprint density at radius 1 is 1.47 bits per heavy atom. The van der Waals surface area contributed by atoms with Crippen molar-refractivity contribution in [1.29, 1.82) is 0 Å². The van der Waals surface area contributed by atoms with Crippen LogP contribution in [0.2, 0.25) is 0 Å². The number of hydrogen-bond acceptors (Lipinski definition) is 4. The first kappa shape index (κ1) is 11.1. The molecule has 0 N–H and O–H groups in total. The molecule has 0 spiro atoms. The Kier molecular flexibility index (Phi) is 2.85. The summed E-state index contributed by atoms with van der Waals surface area (Å²) in [6.45, 7) is 2.29. The lowest BCUT2D eigenvalue weighted by Gasteiger charge is -2.29. The highest BCUT2D eigenvalue weighted by molar-refractivity contribution is 7.16. The zero-order valence-electron chi connectivity index (χ0n) is 9.86. The van der Waals surface area contributed by atoms with E-state index in [1.54, 1.807) is 7.11 Å². The lowest BCUT2D eigenvalue weighted by atomic mass is 9.98. The molecule has 0 aliphatic carbocycles. The van der Waals surface area contributed by atoms with E-state index in [-0.39, 0.29) is 0 Å². The fraction of sp³-hybridized carbons (Fsp3) is 0.500. The zero-order chi connectivity index (χ0) is 11.8. The summed E-state index contributed by atoms with van der Waals surface area (Å²) in [5.41, 5.74) is 2.56. The van der Waals surface area contributed by atoms with Crippen molar-refractivity contribution in [3.8, 4) is 17.2 Å². The van der Waals surface area contributed by atoms with Crippen molar-refractivity contribution in [2.45, 2.75) is 13.0 Å². The van der Waals surface area contributed by atoms with E-state index in [1.165, 1.54) is 11.1 Å². The second-order valence-corrected chi connectivity index (χ2v) is 4.63. The van der Waals surface area contributed by atoms with Crippen LogP contribution >= 0.6 is 9.24 Å². The minimum absolute atomic E-state index is 0.294. The summed E-state index contributed by atoms with van der Waals surface area (Å²) in [5, 5.41) is 0. The van der Waals surface area contributed by atoms with Gasteiger partial charge in [-0.25, -0.2) is 0 Å². The maximum absolute atomic E-state index is 5.51. The third-order valence-corrected chi connectivity index (χ3v) is 3.87. The largest absolute Gasteiger partial charge is 0.492 e. The molecule has 1 atom stereocenters. The molecule has 2 aliphatic heterocycles. The molecule has 2 aliphatic rings. The lowest BCUT2D eigenvalue weighted by Crippen LogP contribution is -2.29. The van der Waals surface area contributed by atoms with E-state index in [9.17, 15) is 0 Å². The maximum Gasteiger partial charge on any atom is 0.231 e. The van der Waals surface area contributed by atoms with Gasteiger partial charge >= 0.3 is 0 Å². The van der Waals surface area contributed by atoms with Crippen molar-refractivity contribution < 1.29 is 14.2 Å². The van der Waals surface area contributed by atoms with Crippen molar-refractivity contribution in [2.24, 2.45) is 0 Å². The quantitative estimate of drug-likeness (QED) is 0.749. The van der Waals surface area contributed by atoms with E-state index in [4.69, 9.17) is 14.2 Å². The molecule has 1 aromatic carbocycles. The average molecular weight is 253 g/mol. The van der Waals surface area contributed by atoms with E-state index in [0.717, 1.165) is 43.0 Å². The van der Waals surface area contributed by atoms with Crippen molar-refractivity contribution in [3.05, 3.63) is 17.2 Å². The highest BCUT2D eigenvalue weighted by Crippen LogP contribution is 2.46. The molecule has 0 amide bonds. The first-order chi connectivity index (χ1) is 8.33. The predicted octanol–water partition coefficient (Wildman–Crippen LogP) is 1.61. The molecule has 2 heterocycles.